The first-order valence-corrected chi connectivity index (χ1v) is 11.1. The first kappa shape index (κ1) is 20.8. The van der Waals surface area contributed by atoms with E-state index >= 15 is 0 Å². The van der Waals surface area contributed by atoms with E-state index in [4.69, 9.17) is 9.47 Å². The van der Waals surface area contributed by atoms with Gasteiger partial charge in [0.15, 0.2) is 6.29 Å². The molecule has 0 spiro atoms. The number of benzene rings is 3. The fourth-order valence-electron chi connectivity index (χ4n) is 3.51. The number of carbonyl (C=O) groups is 1. The molecule has 1 aliphatic heterocycles. The summed E-state index contributed by atoms with van der Waals surface area (Å²) in [6.07, 6.45) is 0.625. The number of hydrogen-bond donors (Lipinski definition) is 1. The van der Waals surface area contributed by atoms with Gasteiger partial charge < -0.3 is 9.47 Å². The number of rotatable bonds is 6. The van der Waals surface area contributed by atoms with Crippen LogP contribution < -0.4 is 14.2 Å². The maximum absolute atomic E-state index is 13.1. The summed E-state index contributed by atoms with van der Waals surface area (Å²) in [5.41, 5.74) is 2.22. The highest BCUT2D eigenvalue weighted by atomic mass is 32.2. The van der Waals surface area contributed by atoms with Gasteiger partial charge in [0.05, 0.1) is 29.2 Å². The molecule has 6 nitrogen and oxygen atoms in total. The summed E-state index contributed by atoms with van der Waals surface area (Å²) in [6.45, 7) is 1.88. The van der Waals surface area contributed by atoms with Gasteiger partial charge in [0.25, 0.3) is 0 Å². The summed E-state index contributed by atoms with van der Waals surface area (Å²) in [5.74, 6) is 1.23. The quantitative estimate of drug-likeness (QED) is 0.592. The molecule has 3 aromatic carbocycles. The normalized spacial score (nSPS) is 15.7. The molecule has 1 heterocycles. The number of sulfonamides is 1. The van der Waals surface area contributed by atoms with E-state index in [2.05, 4.69) is 4.72 Å². The molecule has 1 aliphatic rings. The van der Waals surface area contributed by atoms with Crippen molar-refractivity contribution in [1.82, 2.24) is 4.72 Å². The molecule has 0 radical (unpaired) electrons. The predicted molar refractivity (Wildman–Crippen MR) is 117 cm³/mol. The van der Waals surface area contributed by atoms with Crippen LogP contribution in [0.2, 0.25) is 0 Å². The fourth-order valence-corrected chi connectivity index (χ4v) is 4.71. The van der Waals surface area contributed by atoms with Gasteiger partial charge in [-0.25, -0.2) is 8.42 Å². The smallest absolute Gasteiger partial charge is 0.241 e. The van der Waals surface area contributed by atoms with E-state index < -0.39 is 16.1 Å². The highest BCUT2D eigenvalue weighted by Gasteiger charge is 2.34. The van der Waals surface area contributed by atoms with Crippen LogP contribution in [0.3, 0.4) is 0 Å². The number of hydrogen-bond acceptors (Lipinski definition) is 5. The molecular weight excluding hydrogens is 414 g/mol. The molecule has 0 aliphatic carbocycles. The van der Waals surface area contributed by atoms with E-state index in [1.807, 2.05) is 6.92 Å². The van der Waals surface area contributed by atoms with Crippen LogP contribution in [-0.2, 0) is 14.8 Å². The lowest BCUT2D eigenvalue weighted by molar-refractivity contribution is -0.105. The molecule has 0 saturated carbocycles. The van der Waals surface area contributed by atoms with Crippen molar-refractivity contribution in [3.8, 4) is 11.5 Å². The average molecular weight is 436 g/mol. The Morgan fingerprint density at radius 2 is 1.65 bits per heavy atom. The maximum atomic E-state index is 13.1. The van der Waals surface area contributed by atoms with E-state index in [-0.39, 0.29) is 16.2 Å². The van der Waals surface area contributed by atoms with Crippen LogP contribution >= 0.6 is 0 Å². The number of carbonyl (C=O) groups excluding carboxylic acids is 1. The second-order valence-corrected chi connectivity index (χ2v) is 8.82. The van der Waals surface area contributed by atoms with Gasteiger partial charge in [-0.05, 0) is 37.3 Å². The van der Waals surface area contributed by atoms with Crippen molar-refractivity contribution in [2.24, 2.45) is 0 Å². The Balaban J connectivity index is 1.87. The van der Waals surface area contributed by atoms with Crippen molar-refractivity contribution in [1.29, 1.82) is 0 Å². The Morgan fingerprint density at radius 3 is 2.35 bits per heavy atom. The summed E-state index contributed by atoms with van der Waals surface area (Å²) in [5, 5.41) is 0. The van der Waals surface area contributed by atoms with Crippen LogP contribution in [0.5, 0.6) is 11.5 Å². The van der Waals surface area contributed by atoms with E-state index in [0.717, 1.165) is 5.56 Å². The maximum Gasteiger partial charge on any atom is 0.241 e. The lowest BCUT2D eigenvalue weighted by Gasteiger charge is -2.29. The molecule has 1 atom stereocenters. The van der Waals surface area contributed by atoms with E-state index in [0.29, 0.717) is 28.9 Å². The first-order valence-electron chi connectivity index (χ1n) is 9.63. The van der Waals surface area contributed by atoms with Crippen molar-refractivity contribution in [2.75, 3.05) is 7.11 Å². The molecule has 0 saturated heterocycles. The Morgan fingerprint density at radius 1 is 0.968 bits per heavy atom. The molecule has 1 N–H and O–H groups in total. The number of ether oxygens (including phenoxy) is 2. The van der Waals surface area contributed by atoms with Gasteiger partial charge in [0.2, 0.25) is 10.0 Å². The third-order valence-electron chi connectivity index (χ3n) is 5.10. The Hall–Kier alpha value is -3.42. The van der Waals surface area contributed by atoms with Crippen LogP contribution in [0, 0.1) is 6.92 Å². The lowest BCUT2D eigenvalue weighted by Crippen LogP contribution is -2.33. The van der Waals surface area contributed by atoms with E-state index in [9.17, 15) is 13.2 Å². The average Bonchev–Trinajstić information content (AvgIpc) is 2.79. The van der Waals surface area contributed by atoms with Crippen LogP contribution in [0.25, 0.3) is 5.76 Å². The fraction of sp³-hybridized carbons (Fsp3) is 0.125. The van der Waals surface area contributed by atoms with Crippen LogP contribution in [0.1, 0.15) is 22.7 Å². The standard InChI is InChI=1S/C24H21NO5S/c1-16-11-13-17(14-12-16)31(27,28)25-23-18-7-3-6-10-22(18)30-24(20(23)15-26)19-8-4-5-9-21(19)29-2/h3-15,23,25H,1-2H3/t23-/m0/s1. The Labute approximate surface area is 181 Å². The first-order chi connectivity index (χ1) is 14.9. The highest BCUT2D eigenvalue weighted by Crippen LogP contribution is 2.42. The molecule has 0 aromatic heterocycles. The number of aldehydes is 1. The number of aryl methyl sites for hydroxylation is 1. The van der Waals surface area contributed by atoms with E-state index in [1.165, 1.54) is 19.2 Å². The van der Waals surface area contributed by atoms with Crippen molar-refractivity contribution >= 4 is 22.1 Å². The van der Waals surface area contributed by atoms with Gasteiger partial charge in [-0.15, -0.1) is 0 Å². The van der Waals surface area contributed by atoms with Crippen molar-refractivity contribution in [3.63, 3.8) is 0 Å². The van der Waals surface area contributed by atoms with Gasteiger partial charge in [-0.3, -0.25) is 4.79 Å². The second-order valence-electron chi connectivity index (χ2n) is 7.11. The molecule has 3 aromatic rings. The van der Waals surface area contributed by atoms with Crippen LogP contribution in [0.15, 0.2) is 83.3 Å². The highest BCUT2D eigenvalue weighted by molar-refractivity contribution is 7.89. The summed E-state index contributed by atoms with van der Waals surface area (Å²) >= 11 is 0. The predicted octanol–water partition coefficient (Wildman–Crippen LogP) is 4.03. The number of nitrogens with one attached hydrogen (secondary N) is 1. The third kappa shape index (κ3) is 3.97. The zero-order chi connectivity index (χ0) is 22.0. The Bertz CT molecular complexity index is 1260. The summed E-state index contributed by atoms with van der Waals surface area (Å²) < 4.78 is 40.4. The van der Waals surface area contributed by atoms with Crippen LogP contribution in [0.4, 0.5) is 0 Å². The topological polar surface area (TPSA) is 81.7 Å². The molecule has 0 fully saturated rings. The monoisotopic (exact) mass is 435 g/mol. The van der Waals surface area contributed by atoms with Gasteiger partial charge in [-0.2, -0.15) is 4.72 Å². The molecule has 7 heteroatoms. The molecule has 0 unspecified atom stereocenters. The minimum Gasteiger partial charge on any atom is -0.496 e. The molecular formula is C24H21NO5S. The number of para-hydroxylation sites is 2. The summed E-state index contributed by atoms with van der Waals surface area (Å²) in [6, 6.07) is 19.7. The molecule has 31 heavy (non-hydrogen) atoms. The summed E-state index contributed by atoms with van der Waals surface area (Å²) in [4.78, 5) is 12.3. The minimum atomic E-state index is -3.91. The summed E-state index contributed by atoms with van der Waals surface area (Å²) in [7, 11) is -2.39. The molecule has 158 valence electrons. The van der Waals surface area contributed by atoms with Gasteiger partial charge in [0, 0.05) is 5.56 Å². The van der Waals surface area contributed by atoms with Gasteiger partial charge >= 0.3 is 0 Å². The second kappa shape index (κ2) is 8.37. The zero-order valence-electron chi connectivity index (χ0n) is 17.0. The van der Waals surface area contributed by atoms with Crippen molar-refractivity contribution in [2.45, 2.75) is 17.9 Å². The largest absolute Gasteiger partial charge is 0.496 e. The molecule has 4 rings (SSSR count). The van der Waals surface area contributed by atoms with Gasteiger partial charge in [-0.1, -0.05) is 48.0 Å². The van der Waals surface area contributed by atoms with Crippen molar-refractivity contribution < 1.29 is 22.7 Å². The third-order valence-corrected chi connectivity index (χ3v) is 6.54. The zero-order valence-corrected chi connectivity index (χ0v) is 17.8. The van der Waals surface area contributed by atoms with E-state index in [1.54, 1.807) is 60.7 Å². The number of fused-ring (bicyclic) bond motifs is 1. The molecule has 0 bridgehead atoms. The SMILES string of the molecule is COc1ccccc1C1=C(C=O)[C@@H](NS(=O)(=O)c2ccc(C)cc2)c2ccccc2O1. The molecule has 0 amide bonds. The Kier molecular flexibility index (Phi) is 5.63. The number of methoxy groups -OCH3 is 1. The van der Waals surface area contributed by atoms with Crippen LogP contribution in [-0.4, -0.2) is 21.8 Å². The van der Waals surface area contributed by atoms with Crippen molar-refractivity contribution in [3.05, 3.63) is 95.1 Å². The lowest BCUT2D eigenvalue weighted by atomic mass is 9.93. The minimum absolute atomic E-state index is 0.117. The van der Waals surface area contributed by atoms with Gasteiger partial charge in [0.1, 0.15) is 17.3 Å².